The van der Waals surface area contributed by atoms with Crippen molar-refractivity contribution in [3.63, 3.8) is 0 Å². The maximum absolute atomic E-state index is 6.25. The Bertz CT molecular complexity index is 847. The lowest BCUT2D eigenvalue weighted by Crippen LogP contribution is -2.11. The van der Waals surface area contributed by atoms with E-state index in [0.717, 1.165) is 28.0 Å². The number of nitrogens with one attached hydrogen (secondary N) is 1. The monoisotopic (exact) mass is 345 g/mol. The van der Waals surface area contributed by atoms with Crippen LogP contribution in [0.1, 0.15) is 5.56 Å². The van der Waals surface area contributed by atoms with E-state index in [9.17, 15) is 0 Å². The van der Waals surface area contributed by atoms with E-state index in [-0.39, 0.29) is 0 Å². The van der Waals surface area contributed by atoms with Crippen molar-refractivity contribution in [3.05, 3.63) is 64.1 Å². The van der Waals surface area contributed by atoms with Crippen molar-refractivity contribution in [1.82, 2.24) is 4.98 Å². The van der Waals surface area contributed by atoms with Crippen LogP contribution in [0.2, 0.25) is 10.0 Å². The fraction of sp³-hybridized carbons (Fsp3) is 0.167. The quantitative estimate of drug-likeness (QED) is 0.702. The Labute approximate surface area is 145 Å². The number of nitrogens with zero attached hydrogens (tertiary/aromatic N) is 2. The Morgan fingerprint density at radius 3 is 2.57 bits per heavy atom. The predicted octanol–water partition coefficient (Wildman–Crippen LogP) is 5.22. The summed E-state index contributed by atoms with van der Waals surface area (Å²) >= 11 is 12.2. The van der Waals surface area contributed by atoms with Gasteiger partial charge in [-0.3, -0.25) is 0 Å². The molecule has 1 heterocycles. The van der Waals surface area contributed by atoms with Crippen LogP contribution in [0.15, 0.2) is 48.5 Å². The van der Waals surface area contributed by atoms with Gasteiger partial charge in [0.25, 0.3) is 0 Å². The first-order chi connectivity index (χ1) is 11.0. The summed E-state index contributed by atoms with van der Waals surface area (Å²) in [6.07, 6.45) is 0. The number of aromatic nitrogens is 1. The molecule has 0 radical (unpaired) electrons. The molecular formula is C18H17Cl2N3. The first-order valence-corrected chi connectivity index (χ1v) is 8.05. The Morgan fingerprint density at radius 2 is 1.83 bits per heavy atom. The summed E-state index contributed by atoms with van der Waals surface area (Å²) in [6, 6.07) is 15.7. The highest BCUT2D eigenvalue weighted by Gasteiger charge is 2.08. The summed E-state index contributed by atoms with van der Waals surface area (Å²) in [5.74, 6) is 0.911. The summed E-state index contributed by atoms with van der Waals surface area (Å²) in [4.78, 5) is 6.65. The molecule has 118 valence electrons. The van der Waals surface area contributed by atoms with Gasteiger partial charge < -0.3 is 10.2 Å². The Balaban J connectivity index is 1.95. The van der Waals surface area contributed by atoms with Gasteiger partial charge in [-0.1, -0.05) is 47.5 Å². The number of anilines is 2. The molecule has 0 spiro atoms. The number of benzene rings is 2. The van der Waals surface area contributed by atoms with Crippen LogP contribution in [-0.4, -0.2) is 19.1 Å². The zero-order valence-corrected chi connectivity index (χ0v) is 14.5. The molecule has 3 rings (SSSR count). The van der Waals surface area contributed by atoms with Crippen molar-refractivity contribution >= 4 is 45.6 Å². The second-order valence-corrected chi connectivity index (χ2v) is 6.37. The molecule has 0 fully saturated rings. The topological polar surface area (TPSA) is 28.2 Å². The molecule has 5 heteroatoms. The van der Waals surface area contributed by atoms with Crippen molar-refractivity contribution in [3.8, 4) is 0 Å². The Kier molecular flexibility index (Phi) is 4.60. The number of hydrogen-bond donors (Lipinski definition) is 1. The van der Waals surface area contributed by atoms with Crippen LogP contribution in [0, 0.1) is 0 Å². The smallest absolute Gasteiger partial charge is 0.130 e. The van der Waals surface area contributed by atoms with E-state index in [2.05, 4.69) is 16.4 Å². The lowest BCUT2D eigenvalue weighted by atomic mass is 10.1. The summed E-state index contributed by atoms with van der Waals surface area (Å²) < 4.78 is 0. The standard InChI is InChI=1S/C18H17Cl2N3/c1-23(2)18-10-17(14-5-3-4-6-16(14)22-18)21-11-12-7-8-13(19)9-15(12)20/h3-10H,11H2,1-2H3,(H,21,22). The number of pyridine rings is 1. The minimum atomic E-state index is 0.622. The molecule has 3 aromatic rings. The van der Waals surface area contributed by atoms with Crippen LogP contribution in [-0.2, 0) is 6.54 Å². The van der Waals surface area contributed by atoms with Gasteiger partial charge in [-0.2, -0.15) is 0 Å². The molecule has 0 aliphatic heterocycles. The predicted molar refractivity (Wildman–Crippen MR) is 99.9 cm³/mol. The number of para-hydroxylation sites is 1. The van der Waals surface area contributed by atoms with Crippen LogP contribution < -0.4 is 10.2 Å². The van der Waals surface area contributed by atoms with E-state index in [0.29, 0.717) is 16.6 Å². The minimum Gasteiger partial charge on any atom is -0.380 e. The molecule has 0 saturated heterocycles. The van der Waals surface area contributed by atoms with E-state index in [1.807, 2.05) is 55.4 Å². The molecule has 0 saturated carbocycles. The highest BCUT2D eigenvalue weighted by Crippen LogP contribution is 2.28. The first kappa shape index (κ1) is 15.9. The third-order valence-corrected chi connectivity index (χ3v) is 4.23. The molecule has 3 nitrogen and oxygen atoms in total. The van der Waals surface area contributed by atoms with Gasteiger partial charge in [0.05, 0.1) is 5.52 Å². The third-order valence-electron chi connectivity index (χ3n) is 3.65. The van der Waals surface area contributed by atoms with Crippen LogP contribution in [0.4, 0.5) is 11.5 Å². The Morgan fingerprint density at radius 1 is 1.04 bits per heavy atom. The zero-order chi connectivity index (χ0) is 16.4. The van der Waals surface area contributed by atoms with Gasteiger partial charge in [0.2, 0.25) is 0 Å². The van der Waals surface area contributed by atoms with Gasteiger partial charge in [0, 0.05) is 47.8 Å². The zero-order valence-electron chi connectivity index (χ0n) is 13.0. The average Bonchev–Trinajstić information content (AvgIpc) is 2.53. The molecule has 23 heavy (non-hydrogen) atoms. The molecule has 0 aliphatic carbocycles. The molecule has 0 bridgehead atoms. The van der Waals surface area contributed by atoms with Gasteiger partial charge in [0.15, 0.2) is 0 Å². The van der Waals surface area contributed by atoms with Crippen molar-refractivity contribution in [1.29, 1.82) is 0 Å². The molecular weight excluding hydrogens is 329 g/mol. The maximum atomic E-state index is 6.25. The molecule has 0 amide bonds. The van der Waals surface area contributed by atoms with Crippen LogP contribution in [0.5, 0.6) is 0 Å². The average molecular weight is 346 g/mol. The van der Waals surface area contributed by atoms with Crippen LogP contribution in [0.3, 0.4) is 0 Å². The van der Waals surface area contributed by atoms with Crippen molar-refractivity contribution in [2.24, 2.45) is 0 Å². The lowest BCUT2D eigenvalue weighted by Gasteiger charge is -2.16. The second kappa shape index (κ2) is 6.65. The summed E-state index contributed by atoms with van der Waals surface area (Å²) in [5, 5.41) is 5.86. The molecule has 2 aromatic carbocycles. The summed E-state index contributed by atoms with van der Waals surface area (Å²) in [5.41, 5.74) is 3.00. The number of hydrogen-bond acceptors (Lipinski definition) is 3. The number of halogens is 2. The SMILES string of the molecule is CN(C)c1cc(NCc2ccc(Cl)cc2Cl)c2ccccc2n1. The largest absolute Gasteiger partial charge is 0.380 e. The Hall–Kier alpha value is -1.97. The maximum Gasteiger partial charge on any atom is 0.130 e. The highest BCUT2D eigenvalue weighted by atomic mass is 35.5. The van der Waals surface area contributed by atoms with E-state index in [1.165, 1.54) is 0 Å². The van der Waals surface area contributed by atoms with E-state index in [4.69, 9.17) is 23.2 Å². The molecule has 0 atom stereocenters. The van der Waals surface area contributed by atoms with Crippen LogP contribution >= 0.6 is 23.2 Å². The van der Waals surface area contributed by atoms with Gasteiger partial charge in [-0.15, -0.1) is 0 Å². The summed E-state index contributed by atoms with van der Waals surface area (Å²) in [7, 11) is 3.97. The van der Waals surface area contributed by atoms with Gasteiger partial charge in [0.1, 0.15) is 5.82 Å². The van der Waals surface area contributed by atoms with E-state index < -0.39 is 0 Å². The molecule has 0 aliphatic rings. The third kappa shape index (κ3) is 3.52. The van der Waals surface area contributed by atoms with Crippen molar-refractivity contribution < 1.29 is 0 Å². The number of rotatable bonds is 4. The number of fused-ring (bicyclic) bond motifs is 1. The normalized spacial score (nSPS) is 10.8. The first-order valence-electron chi connectivity index (χ1n) is 7.29. The fourth-order valence-corrected chi connectivity index (χ4v) is 2.87. The fourth-order valence-electron chi connectivity index (χ4n) is 2.39. The molecule has 0 unspecified atom stereocenters. The highest BCUT2D eigenvalue weighted by molar-refractivity contribution is 6.35. The summed E-state index contributed by atoms with van der Waals surface area (Å²) in [6.45, 7) is 0.622. The van der Waals surface area contributed by atoms with Crippen LogP contribution in [0.25, 0.3) is 10.9 Å². The molecule has 1 N–H and O–H groups in total. The lowest BCUT2D eigenvalue weighted by molar-refractivity contribution is 1.08. The second-order valence-electron chi connectivity index (χ2n) is 5.53. The van der Waals surface area contributed by atoms with Gasteiger partial charge in [-0.05, 0) is 23.8 Å². The molecule has 1 aromatic heterocycles. The van der Waals surface area contributed by atoms with Gasteiger partial charge in [-0.25, -0.2) is 4.98 Å². The van der Waals surface area contributed by atoms with E-state index in [1.54, 1.807) is 6.07 Å². The van der Waals surface area contributed by atoms with Crippen molar-refractivity contribution in [2.75, 3.05) is 24.3 Å². The van der Waals surface area contributed by atoms with Crippen molar-refractivity contribution in [2.45, 2.75) is 6.54 Å². The van der Waals surface area contributed by atoms with E-state index >= 15 is 0 Å². The van der Waals surface area contributed by atoms with Gasteiger partial charge >= 0.3 is 0 Å². The minimum absolute atomic E-state index is 0.622.